The fourth-order valence-electron chi connectivity index (χ4n) is 0.654. The molecule has 0 atom stereocenters. The molecule has 3 N–H and O–H groups in total. The molecule has 0 saturated heterocycles. The molecule has 2 nitrogen and oxygen atoms in total. The average Bonchev–Trinajstić information content (AvgIpc) is 1.88. The van der Waals surface area contributed by atoms with Crippen molar-refractivity contribution in [1.82, 2.24) is 0 Å². The van der Waals surface area contributed by atoms with Crippen LogP contribution in [0.1, 0.15) is 5.56 Å². The minimum atomic E-state index is 0.213. The van der Waals surface area contributed by atoms with Crippen LogP contribution in [-0.4, -0.2) is 18.2 Å². The number of benzene rings is 1. The van der Waals surface area contributed by atoms with Crippen LogP contribution in [0, 0.1) is 0 Å². The van der Waals surface area contributed by atoms with Gasteiger partial charge in [-0.2, -0.15) is 0 Å². The van der Waals surface area contributed by atoms with Gasteiger partial charge in [0.25, 0.3) is 0 Å². The summed E-state index contributed by atoms with van der Waals surface area (Å²) in [7, 11) is 5.28. The van der Waals surface area contributed by atoms with Crippen LogP contribution in [0.4, 0.5) is 0 Å². The molecule has 1 aromatic carbocycles. The molecule has 3 heteroatoms. The zero-order valence-electron chi connectivity index (χ0n) is 5.41. The molecule has 0 spiro atoms. The quantitative estimate of drug-likeness (QED) is 0.528. The molecule has 0 fully saturated rings. The third-order valence-corrected chi connectivity index (χ3v) is 1.20. The Bertz CT molecular complexity index is 242. The fourth-order valence-corrected chi connectivity index (χ4v) is 0.654. The van der Waals surface area contributed by atoms with E-state index in [9.17, 15) is 0 Å². The van der Waals surface area contributed by atoms with Crippen molar-refractivity contribution in [2.75, 3.05) is 0 Å². The van der Waals surface area contributed by atoms with Gasteiger partial charge in [0.2, 0.25) is 0 Å². The van der Waals surface area contributed by atoms with Crippen molar-refractivity contribution in [2.24, 2.45) is 5.73 Å². The summed E-state index contributed by atoms with van der Waals surface area (Å²) in [5.74, 6) is 0.213. The van der Waals surface area contributed by atoms with Crippen molar-refractivity contribution in [2.45, 2.75) is 0 Å². The van der Waals surface area contributed by atoms with Gasteiger partial charge in [0.05, 0.1) is 0 Å². The Morgan fingerprint density at radius 3 is 2.20 bits per heavy atom. The summed E-state index contributed by atoms with van der Waals surface area (Å²) >= 11 is 0. The normalized spacial score (nSPS) is 9.10. The van der Waals surface area contributed by atoms with Gasteiger partial charge in [0, 0.05) is 0 Å². The van der Waals surface area contributed by atoms with E-state index in [2.05, 4.69) is 0 Å². The minimum absolute atomic E-state index is 0.213. The Hall–Kier alpha value is -1.25. The standard InChI is InChI=1S/C7H7BNO/c8-7(9)5-1-3-6(10)4-2-5/h1-4,10H,9H2. The van der Waals surface area contributed by atoms with Crippen LogP contribution in [0.3, 0.4) is 0 Å². The molecular weight excluding hydrogens is 125 g/mol. The molecule has 1 aromatic rings. The van der Waals surface area contributed by atoms with Gasteiger partial charge in [0.15, 0.2) is 0 Å². The third-order valence-electron chi connectivity index (χ3n) is 1.20. The summed E-state index contributed by atoms with van der Waals surface area (Å²) in [5.41, 5.74) is 6.27. The van der Waals surface area contributed by atoms with Crippen LogP contribution in [0.15, 0.2) is 24.3 Å². The van der Waals surface area contributed by atoms with Crippen molar-refractivity contribution < 1.29 is 5.11 Å². The number of hydrogen-bond donors (Lipinski definition) is 2. The van der Waals surface area contributed by atoms with Crippen LogP contribution in [-0.2, 0) is 0 Å². The molecule has 0 heterocycles. The Balaban J connectivity index is 3.00. The topological polar surface area (TPSA) is 46.2 Å². The number of rotatable bonds is 1. The van der Waals surface area contributed by atoms with E-state index in [1.807, 2.05) is 0 Å². The number of phenols is 1. The SMILES string of the molecule is [B]=C(N)c1ccc(O)cc1. The van der Waals surface area contributed by atoms with E-state index in [0.717, 1.165) is 5.56 Å². The first kappa shape index (κ1) is 6.87. The number of phenolic OH excluding ortho intramolecular Hbond substituents is 1. The second kappa shape index (κ2) is 2.56. The second-order valence-electron chi connectivity index (χ2n) is 2.00. The molecule has 1 radical (unpaired) electrons. The predicted molar refractivity (Wildman–Crippen MR) is 42.2 cm³/mol. The van der Waals surface area contributed by atoms with E-state index in [-0.39, 0.29) is 11.3 Å². The maximum atomic E-state index is 8.85. The summed E-state index contributed by atoms with van der Waals surface area (Å²) in [6.07, 6.45) is 0. The van der Waals surface area contributed by atoms with Gasteiger partial charge < -0.3 is 0 Å². The van der Waals surface area contributed by atoms with Crippen LogP contribution in [0.2, 0.25) is 0 Å². The Morgan fingerprint density at radius 2 is 1.80 bits per heavy atom. The first-order valence-corrected chi connectivity index (χ1v) is 2.87. The Morgan fingerprint density at radius 1 is 1.30 bits per heavy atom. The Labute approximate surface area is 60.4 Å². The van der Waals surface area contributed by atoms with Gasteiger partial charge in [-0.25, -0.2) is 0 Å². The first-order valence-electron chi connectivity index (χ1n) is 2.87. The van der Waals surface area contributed by atoms with Crippen molar-refractivity contribution in [3.63, 3.8) is 0 Å². The summed E-state index contributed by atoms with van der Waals surface area (Å²) in [4.78, 5) is 0. The average molecular weight is 132 g/mol. The van der Waals surface area contributed by atoms with Crippen LogP contribution in [0.5, 0.6) is 5.75 Å². The number of hydrogen-bond acceptors (Lipinski definition) is 2. The van der Waals surface area contributed by atoms with E-state index in [1.54, 1.807) is 12.1 Å². The maximum absolute atomic E-state index is 8.85. The molecular formula is C7H7BNO. The molecule has 0 aromatic heterocycles. The van der Waals surface area contributed by atoms with Gasteiger partial charge in [-0.1, -0.05) is 0 Å². The molecule has 1 rings (SSSR count). The number of nitrogens with two attached hydrogens (primary N) is 1. The summed E-state index contributed by atoms with van der Waals surface area (Å²) in [6.45, 7) is 0. The summed E-state index contributed by atoms with van der Waals surface area (Å²) in [5, 5.41) is 8.85. The molecule has 0 aliphatic rings. The molecule has 0 bridgehead atoms. The molecule has 0 saturated carbocycles. The zero-order chi connectivity index (χ0) is 7.56. The first-order chi connectivity index (χ1) is 4.70. The number of aromatic hydroxyl groups is 1. The monoisotopic (exact) mass is 132 g/mol. The third kappa shape index (κ3) is 1.38. The molecule has 10 heavy (non-hydrogen) atoms. The van der Waals surface area contributed by atoms with Gasteiger partial charge >= 0.3 is 59.5 Å². The molecule has 0 aliphatic heterocycles. The molecule has 0 aliphatic carbocycles. The van der Waals surface area contributed by atoms with Gasteiger partial charge in [-0.05, 0) is 0 Å². The van der Waals surface area contributed by atoms with Crippen molar-refractivity contribution in [3.8, 4) is 5.75 Å². The summed E-state index contributed by atoms with van der Waals surface area (Å²) in [6, 6.07) is 6.39. The van der Waals surface area contributed by atoms with Gasteiger partial charge in [-0.3, -0.25) is 0 Å². The van der Waals surface area contributed by atoms with E-state index in [1.165, 1.54) is 12.1 Å². The molecule has 49 valence electrons. The van der Waals surface area contributed by atoms with Crippen LogP contribution < -0.4 is 5.73 Å². The molecule has 0 unspecified atom stereocenters. The van der Waals surface area contributed by atoms with Gasteiger partial charge in [-0.15, -0.1) is 0 Å². The fraction of sp³-hybridized carbons (Fsp3) is 0. The van der Waals surface area contributed by atoms with Crippen molar-refractivity contribution >= 4 is 13.1 Å². The van der Waals surface area contributed by atoms with E-state index >= 15 is 0 Å². The second-order valence-corrected chi connectivity index (χ2v) is 2.00. The van der Waals surface area contributed by atoms with Crippen LogP contribution >= 0.6 is 0 Å². The Kier molecular flexibility index (Phi) is 1.76. The van der Waals surface area contributed by atoms with E-state index in [0.29, 0.717) is 0 Å². The summed E-state index contributed by atoms with van der Waals surface area (Å²) < 4.78 is 0. The van der Waals surface area contributed by atoms with Gasteiger partial charge in [0.1, 0.15) is 0 Å². The van der Waals surface area contributed by atoms with Crippen LogP contribution in [0.25, 0.3) is 0 Å². The van der Waals surface area contributed by atoms with Crippen molar-refractivity contribution in [3.05, 3.63) is 29.8 Å². The zero-order valence-corrected chi connectivity index (χ0v) is 5.41. The van der Waals surface area contributed by atoms with E-state index < -0.39 is 0 Å². The van der Waals surface area contributed by atoms with E-state index in [4.69, 9.17) is 18.3 Å². The van der Waals surface area contributed by atoms with Crippen molar-refractivity contribution in [1.29, 1.82) is 0 Å². The molecule has 0 amide bonds. The predicted octanol–water partition coefficient (Wildman–Crippen LogP) is -0.00260.